The van der Waals surface area contributed by atoms with Crippen LogP contribution in [0.5, 0.6) is 0 Å². The van der Waals surface area contributed by atoms with Crippen LogP contribution in [0, 0.1) is 11.3 Å². The van der Waals surface area contributed by atoms with E-state index < -0.39 is 0 Å². The summed E-state index contributed by atoms with van der Waals surface area (Å²) in [6.45, 7) is 5.00. The zero-order valence-corrected chi connectivity index (χ0v) is 13.5. The van der Waals surface area contributed by atoms with E-state index in [0.717, 1.165) is 12.2 Å². The Hall–Kier alpha value is -1.86. The number of carbonyl (C=O) groups is 1. The first-order valence-electron chi connectivity index (χ1n) is 8.22. The number of benzene rings is 1. The average Bonchev–Trinajstić information content (AvgIpc) is 2.57. The highest BCUT2D eigenvalue weighted by molar-refractivity contribution is 5.94. The van der Waals surface area contributed by atoms with Crippen molar-refractivity contribution in [3.8, 4) is 6.07 Å². The molecule has 1 aromatic carbocycles. The lowest BCUT2D eigenvalue weighted by Crippen LogP contribution is -2.48. The second-order valence-corrected chi connectivity index (χ2v) is 5.98. The van der Waals surface area contributed by atoms with Gasteiger partial charge in [-0.2, -0.15) is 5.26 Å². The van der Waals surface area contributed by atoms with E-state index >= 15 is 0 Å². The highest BCUT2D eigenvalue weighted by atomic mass is 16.2. The van der Waals surface area contributed by atoms with Crippen LogP contribution in [0.3, 0.4) is 0 Å². The molecule has 0 aromatic heterocycles. The number of nitriles is 1. The van der Waals surface area contributed by atoms with E-state index in [1.54, 1.807) is 24.3 Å². The summed E-state index contributed by atoms with van der Waals surface area (Å²) in [5.41, 5.74) is 1.35. The van der Waals surface area contributed by atoms with Crippen molar-refractivity contribution in [2.24, 2.45) is 0 Å². The molecular weight excluding hydrogens is 274 g/mol. The third kappa shape index (κ3) is 4.08. The Labute approximate surface area is 133 Å². The molecule has 1 aliphatic rings. The SMILES string of the molecule is CCN(C1CCCCC1)C(C)C(=O)Nc1ccc(C#N)cc1. The fourth-order valence-corrected chi connectivity index (χ4v) is 3.29. The van der Waals surface area contributed by atoms with Gasteiger partial charge in [-0.3, -0.25) is 9.69 Å². The minimum Gasteiger partial charge on any atom is -0.325 e. The largest absolute Gasteiger partial charge is 0.325 e. The minimum absolute atomic E-state index is 0.0251. The maximum atomic E-state index is 12.5. The Kier molecular flexibility index (Phi) is 5.97. The lowest BCUT2D eigenvalue weighted by molar-refractivity contribution is -0.121. The number of rotatable bonds is 5. The van der Waals surface area contributed by atoms with Crippen LogP contribution < -0.4 is 5.32 Å². The Morgan fingerprint density at radius 2 is 1.95 bits per heavy atom. The van der Waals surface area contributed by atoms with Gasteiger partial charge in [-0.25, -0.2) is 0 Å². The number of carbonyl (C=O) groups excluding carboxylic acids is 1. The first-order chi connectivity index (χ1) is 10.7. The van der Waals surface area contributed by atoms with Crippen LogP contribution in [0.15, 0.2) is 24.3 Å². The van der Waals surface area contributed by atoms with E-state index in [1.165, 1.54) is 32.1 Å². The molecule has 1 N–H and O–H groups in total. The molecular formula is C18H25N3O. The lowest BCUT2D eigenvalue weighted by atomic mass is 9.93. The molecule has 1 aliphatic carbocycles. The van der Waals surface area contributed by atoms with E-state index in [0.29, 0.717) is 11.6 Å². The molecule has 1 atom stereocenters. The van der Waals surface area contributed by atoms with E-state index in [-0.39, 0.29) is 11.9 Å². The fraction of sp³-hybridized carbons (Fsp3) is 0.556. The first kappa shape index (κ1) is 16.5. The number of amides is 1. The zero-order valence-electron chi connectivity index (χ0n) is 13.5. The van der Waals surface area contributed by atoms with Crippen molar-refractivity contribution in [3.05, 3.63) is 29.8 Å². The molecule has 0 bridgehead atoms. The van der Waals surface area contributed by atoms with Crippen molar-refractivity contribution in [2.75, 3.05) is 11.9 Å². The van der Waals surface area contributed by atoms with Crippen molar-refractivity contribution in [1.29, 1.82) is 5.26 Å². The maximum absolute atomic E-state index is 12.5. The Morgan fingerprint density at radius 1 is 1.32 bits per heavy atom. The van der Waals surface area contributed by atoms with Crippen molar-refractivity contribution < 1.29 is 4.79 Å². The summed E-state index contributed by atoms with van der Waals surface area (Å²) >= 11 is 0. The predicted octanol–water partition coefficient (Wildman–Crippen LogP) is 3.54. The molecule has 118 valence electrons. The van der Waals surface area contributed by atoms with Gasteiger partial charge in [0, 0.05) is 11.7 Å². The van der Waals surface area contributed by atoms with Crippen LogP contribution in [0.25, 0.3) is 0 Å². The number of likely N-dealkylation sites (N-methyl/N-ethyl adjacent to an activating group) is 1. The number of nitrogens with zero attached hydrogens (tertiary/aromatic N) is 2. The van der Waals surface area contributed by atoms with Crippen molar-refractivity contribution >= 4 is 11.6 Å². The Balaban J connectivity index is 1.98. The van der Waals surface area contributed by atoms with Gasteiger partial charge in [-0.05, 0) is 50.6 Å². The molecule has 0 radical (unpaired) electrons. The molecule has 1 unspecified atom stereocenters. The number of anilines is 1. The van der Waals surface area contributed by atoms with Gasteiger partial charge in [-0.1, -0.05) is 26.2 Å². The molecule has 22 heavy (non-hydrogen) atoms. The molecule has 4 nitrogen and oxygen atoms in total. The molecule has 1 amide bonds. The lowest BCUT2D eigenvalue weighted by Gasteiger charge is -2.37. The third-order valence-electron chi connectivity index (χ3n) is 4.57. The van der Waals surface area contributed by atoms with Gasteiger partial charge < -0.3 is 5.32 Å². The van der Waals surface area contributed by atoms with Gasteiger partial charge in [0.15, 0.2) is 0 Å². The molecule has 1 saturated carbocycles. The highest BCUT2D eigenvalue weighted by Gasteiger charge is 2.27. The van der Waals surface area contributed by atoms with E-state index in [1.807, 2.05) is 6.92 Å². The quantitative estimate of drug-likeness (QED) is 0.904. The molecule has 1 aromatic rings. The van der Waals surface area contributed by atoms with Crippen LogP contribution in [0.2, 0.25) is 0 Å². The van der Waals surface area contributed by atoms with Crippen molar-refractivity contribution in [1.82, 2.24) is 4.90 Å². The molecule has 0 spiro atoms. The molecule has 2 rings (SSSR count). The van der Waals surface area contributed by atoms with Crippen molar-refractivity contribution in [2.45, 2.75) is 58.0 Å². The molecule has 1 fully saturated rings. The first-order valence-corrected chi connectivity index (χ1v) is 8.22. The molecule has 0 heterocycles. The van der Waals surface area contributed by atoms with Gasteiger partial charge in [0.2, 0.25) is 5.91 Å². The summed E-state index contributed by atoms with van der Waals surface area (Å²) < 4.78 is 0. The molecule has 4 heteroatoms. The van der Waals surface area contributed by atoms with Crippen LogP contribution in [0.4, 0.5) is 5.69 Å². The van der Waals surface area contributed by atoms with Gasteiger partial charge in [-0.15, -0.1) is 0 Å². The summed E-state index contributed by atoms with van der Waals surface area (Å²) in [7, 11) is 0. The average molecular weight is 299 g/mol. The summed E-state index contributed by atoms with van der Waals surface area (Å²) in [6.07, 6.45) is 6.25. The predicted molar refractivity (Wildman–Crippen MR) is 88.5 cm³/mol. The maximum Gasteiger partial charge on any atom is 0.241 e. The van der Waals surface area contributed by atoms with Gasteiger partial charge in [0.05, 0.1) is 17.7 Å². The standard InChI is InChI=1S/C18H25N3O/c1-3-21(17-7-5-4-6-8-17)14(2)18(22)20-16-11-9-15(13-19)10-12-16/h9-12,14,17H,3-8H2,1-2H3,(H,20,22). The van der Waals surface area contributed by atoms with Crippen molar-refractivity contribution in [3.63, 3.8) is 0 Å². The summed E-state index contributed by atoms with van der Waals surface area (Å²) in [6, 6.07) is 9.47. The van der Waals surface area contributed by atoms with E-state index in [4.69, 9.17) is 5.26 Å². The smallest absolute Gasteiger partial charge is 0.241 e. The summed E-state index contributed by atoms with van der Waals surface area (Å²) in [5.74, 6) is 0.0251. The van der Waals surface area contributed by atoms with Crippen LogP contribution in [0.1, 0.15) is 51.5 Å². The van der Waals surface area contributed by atoms with Gasteiger partial charge in [0.1, 0.15) is 0 Å². The second kappa shape index (κ2) is 7.95. The fourth-order valence-electron chi connectivity index (χ4n) is 3.29. The topological polar surface area (TPSA) is 56.1 Å². The summed E-state index contributed by atoms with van der Waals surface area (Å²) in [5, 5.41) is 11.8. The molecule has 0 aliphatic heterocycles. The minimum atomic E-state index is -0.135. The number of hydrogen-bond donors (Lipinski definition) is 1. The number of hydrogen-bond acceptors (Lipinski definition) is 3. The van der Waals surface area contributed by atoms with Gasteiger partial charge >= 0.3 is 0 Å². The monoisotopic (exact) mass is 299 g/mol. The van der Waals surface area contributed by atoms with E-state index in [9.17, 15) is 4.79 Å². The van der Waals surface area contributed by atoms with Crippen LogP contribution in [-0.4, -0.2) is 29.4 Å². The normalized spacial score (nSPS) is 17.0. The Bertz CT molecular complexity index is 526. The highest BCUT2D eigenvalue weighted by Crippen LogP contribution is 2.24. The summed E-state index contributed by atoms with van der Waals surface area (Å²) in [4.78, 5) is 14.8. The zero-order chi connectivity index (χ0) is 15.9. The third-order valence-corrected chi connectivity index (χ3v) is 4.57. The van der Waals surface area contributed by atoms with Gasteiger partial charge in [0.25, 0.3) is 0 Å². The number of nitrogens with one attached hydrogen (secondary N) is 1. The molecule has 0 saturated heterocycles. The second-order valence-electron chi connectivity index (χ2n) is 5.98. The Morgan fingerprint density at radius 3 is 2.50 bits per heavy atom. The van der Waals surface area contributed by atoms with Crippen LogP contribution in [-0.2, 0) is 4.79 Å². The van der Waals surface area contributed by atoms with Crippen LogP contribution >= 0.6 is 0 Å². The van der Waals surface area contributed by atoms with E-state index in [2.05, 4.69) is 23.2 Å².